The van der Waals surface area contributed by atoms with Crippen molar-refractivity contribution in [1.82, 2.24) is 9.97 Å². The first-order valence-electron chi connectivity index (χ1n) is 8.23. The molecule has 3 rings (SSSR count). The van der Waals surface area contributed by atoms with Crippen LogP contribution in [0, 0.1) is 13.8 Å². The number of H-pyrrole nitrogens is 1. The van der Waals surface area contributed by atoms with Gasteiger partial charge in [-0.2, -0.15) is 0 Å². The zero-order valence-electron chi connectivity index (χ0n) is 14.7. The Morgan fingerprint density at radius 3 is 2.67 bits per heavy atom. The van der Waals surface area contributed by atoms with Gasteiger partial charge >= 0.3 is 0 Å². The molecule has 24 heavy (non-hydrogen) atoms. The maximum atomic E-state index is 12.4. The van der Waals surface area contributed by atoms with E-state index in [0.717, 1.165) is 26.3 Å². The first kappa shape index (κ1) is 16.7. The molecule has 5 heteroatoms. The van der Waals surface area contributed by atoms with Gasteiger partial charge in [-0.3, -0.25) is 4.79 Å². The van der Waals surface area contributed by atoms with Crippen LogP contribution in [0.5, 0.6) is 0 Å². The fraction of sp³-hybridized carbons (Fsp3) is 0.368. The van der Waals surface area contributed by atoms with Gasteiger partial charge < -0.3 is 10.3 Å². The molecular weight excluding hydrogens is 318 g/mol. The van der Waals surface area contributed by atoms with Crippen LogP contribution in [0.2, 0.25) is 0 Å². The summed E-state index contributed by atoms with van der Waals surface area (Å²) in [5, 5.41) is 4.16. The Morgan fingerprint density at radius 2 is 1.96 bits per heavy atom. The van der Waals surface area contributed by atoms with Crippen LogP contribution in [-0.4, -0.2) is 9.97 Å². The number of hydrogen-bond donors (Lipinski definition) is 2. The number of aromatic amines is 1. The van der Waals surface area contributed by atoms with Crippen molar-refractivity contribution in [2.75, 3.05) is 5.32 Å². The van der Waals surface area contributed by atoms with E-state index in [2.05, 4.69) is 47.3 Å². The molecule has 0 saturated carbocycles. The number of nitrogens with one attached hydrogen (secondary N) is 2. The molecule has 0 bridgehead atoms. The molecule has 2 aromatic heterocycles. The Hall–Kier alpha value is -2.14. The molecule has 0 aliphatic carbocycles. The number of nitrogens with zero attached hydrogens (tertiary/aromatic N) is 1. The zero-order chi connectivity index (χ0) is 17.4. The summed E-state index contributed by atoms with van der Waals surface area (Å²) in [5.74, 6) is 1.15. The minimum absolute atomic E-state index is 0.0542. The van der Waals surface area contributed by atoms with Gasteiger partial charge in [-0.15, -0.1) is 11.3 Å². The fourth-order valence-electron chi connectivity index (χ4n) is 2.78. The molecule has 0 saturated heterocycles. The van der Waals surface area contributed by atoms with Crippen molar-refractivity contribution < 1.29 is 0 Å². The molecule has 1 aromatic carbocycles. The molecule has 3 aromatic rings. The second-order valence-electron chi connectivity index (χ2n) is 6.56. The summed E-state index contributed by atoms with van der Waals surface area (Å²) in [6, 6.07) is 8.29. The van der Waals surface area contributed by atoms with Gasteiger partial charge in [0.15, 0.2) is 0 Å². The monoisotopic (exact) mass is 341 g/mol. The van der Waals surface area contributed by atoms with Gasteiger partial charge in [0.25, 0.3) is 5.56 Å². The van der Waals surface area contributed by atoms with Gasteiger partial charge in [-0.25, -0.2) is 4.98 Å². The van der Waals surface area contributed by atoms with E-state index in [1.165, 1.54) is 5.56 Å². The largest absolute Gasteiger partial charge is 0.375 e. The van der Waals surface area contributed by atoms with E-state index in [0.29, 0.717) is 11.7 Å². The highest BCUT2D eigenvalue weighted by atomic mass is 32.1. The molecule has 126 valence electrons. The molecule has 1 atom stereocenters. The van der Waals surface area contributed by atoms with Crippen LogP contribution in [-0.2, 0) is 0 Å². The third-order valence-electron chi connectivity index (χ3n) is 4.40. The summed E-state index contributed by atoms with van der Waals surface area (Å²) < 4.78 is 0. The maximum Gasteiger partial charge on any atom is 0.259 e. The molecule has 0 aliphatic heterocycles. The van der Waals surface area contributed by atoms with Crippen molar-refractivity contribution in [3.63, 3.8) is 0 Å². The van der Waals surface area contributed by atoms with Crippen molar-refractivity contribution in [2.24, 2.45) is 0 Å². The average molecular weight is 341 g/mol. The summed E-state index contributed by atoms with van der Waals surface area (Å²) in [5.41, 5.74) is 3.30. The van der Waals surface area contributed by atoms with Gasteiger partial charge in [0.05, 0.1) is 11.4 Å². The Kier molecular flexibility index (Phi) is 4.45. The minimum atomic E-state index is -0.0766. The van der Waals surface area contributed by atoms with Gasteiger partial charge in [0.1, 0.15) is 10.7 Å². The molecule has 2 heterocycles. The van der Waals surface area contributed by atoms with Gasteiger partial charge in [0, 0.05) is 10.6 Å². The molecule has 0 amide bonds. The molecule has 0 radical (unpaired) electrons. The molecule has 0 unspecified atom stereocenters. The standard InChI is InChI=1S/C19H23N3OS/c1-10(2)14-7-6-8-15(9-14)20-12(4)17-21-18(23)16-11(3)13(5)24-19(16)22-17/h6-10,12,20H,1-5H3,(H,21,22,23)/t12-/m0/s1. The number of aryl methyl sites for hydroxylation is 2. The quantitative estimate of drug-likeness (QED) is 0.710. The topological polar surface area (TPSA) is 57.8 Å². The Morgan fingerprint density at radius 1 is 1.21 bits per heavy atom. The van der Waals surface area contributed by atoms with Crippen molar-refractivity contribution in [3.05, 3.63) is 56.4 Å². The van der Waals surface area contributed by atoms with Crippen LogP contribution in [0.3, 0.4) is 0 Å². The number of hydrogen-bond acceptors (Lipinski definition) is 4. The average Bonchev–Trinajstić information content (AvgIpc) is 2.82. The third-order valence-corrected chi connectivity index (χ3v) is 5.51. The maximum absolute atomic E-state index is 12.4. The lowest BCUT2D eigenvalue weighted by atomic mass is 10.0. The summed E-state index contributed by atoms with van der Waals surface area (Å²) in [6.45, 7) is 10.4. The van der Waals surface area contributed by atoms with Crippen LogP contribution in [0.25, 0.3) is 10.2 Å². The molecule has 0 fully saturated rings. The van der Waals surface area contributed by atoms with Crippen molar-refractivity contribution in [2.45, 2.75) is 46.6 Å². The van der Waals surface area contributed by atoms with E-state index in [9.17, 15) is 4.79 Å². The zero-order valence-corrected chi connectivity index (χ0v) is 15.5. The molecule has 4 nitrogen and oxygen atoms in total. The van der Waals surface area contributed by atoms with E-state index in [1.54, 1.807) is 11.3 Å². The van der Waals surface area contributed by atoms with Crippen LogP contribution in [0.15, 0.2) is 29.1 Å². The highest BCUT2D eigenvalue weighted by Gasteiger charge is 2.15. The van der Waals surface area contributed by atoms with Crippen molar-refractivity contribution >= 4 is 27.2 Å². The Balaban J connectivity index is 1.93. The number of aromatic nitrogens is 2. The van der Waals surface area contributed by atoms with E-state index < -0.39 is 0 Å². The van der Waals surface area contributed by atoms with E-state index in [4.69, 9.17) is 0 Å². The normalized spacial score (nSPS) is 12.8. The predicted molar refractivity (Wildman–Crippen MR) is 102 cm³/mol. The fourth-order valence-corrected chi connectivity index (χ4v) is 3.82. The number of thiophene rings is 1. The number of rotatable bonds is 4. The summed E-state index contributed by atoms with van der Waals surface area (Å²) in [6.07, 6.45) is 0. The lowest BCUT2D eigenvalue weighted by molar-refractivity contribution is 0.791. The summed E-state index contributed by atoms with van der Waals surface area (Å²) in [7, 11) is 0. The van der Waals surface area contributed by atoms with E-state index >= 15 is 0 Å². The van der Waals surface area contributed by atoms with Crippen LogP contribution in [0.4, 0.5) is 5.69 Å². The summed E-state index contributed by atoms with van der Waals surface area (Å²) in [4.78, 5) is 22.0. The van der Waals surface area contributed by atoms with Gasteiger partial charge in [-0.05, 0) is 49.9 Å². The van der Waals surface area contributed by atoms with Gasteiger partial charge in [-0.1, -0.05) is 26.0 Å². The number of anilines is 1. The highest BCUT2D eigenvalue weighted by Crippen LogP contribution is 2.27. The van der Waals surface area contributed by atoms with E-state index in [-0.39, 0.29) is 11.6 Å². The van der Waals surface area contributed by atoms with Crippen molar-refractivity contribution in [3.8, 4) is 0 Å². The third kappa shape index (κ3) is 3.08. The van der Waals surface area contributed by atoms with Crippen LogP contribution >= 0.6 is 11.3 Å². The minimum Gasteiger partial charge on any atom is -0.375 e. The second-order valence-corrected chi connectivity index (χ2v) is 7.76. The predicted octanol–water partition coefficient (Wildman–Crippen LogP) is 4.90. The van der Waals surface area contributed by atoms with Crippen LogP contribution < -0.4 is 10.9 Å². The molecule has 0 spiro atoms. The Bertz CT molecular complexity index is 939. The first-order chi connectivity index (χ1) is 11.4. The smallest absolute Gasteiger partial charge is 0.259 e. The first-order valence-corrected chi connectivity index (χ1v) is 9.05. The molecule has 0 aliphatic rings. The lowest BCUT2D eigenvalue weighted by Gasteiger charge is -2.16. The van der Waals surface area contributed by atoms with E-state index in [1.807, 2.05) is 26.8 Å². The summed E-state index contributed by atoms with van der Waals surface area (Å²) >= 11 is 1.58. The van der Waals surface area contributed by atoms with Crippen molar-refractivity contribution in [1.29, 1.82) is 0 Å². The number of fused-ring (bicyclic) bond motifs is 1. The second kappa shape index (κ2) is 6.40. The van der Waals surface area contributed by atoms with Crippen LogP contribution in [0.1, 0.15) is 54.6 Å². The Labute approximate surface area is 146 Å². The van der Waals surface area contributed by atoms with Gasteiger partial charge in [0.2, 0.25) is 0 Å². The lowest BCUT2D eigenvalue weighted by Crippen LogP contribution is -2.17. The molecule has 2 N–H and O–H groups in total. The number of benzene rings is 1. The highest BCUT2D eigenvalue weighted by molar-refractivity contribution is 7.18. The molecular formula is C19H23N3OS. The SMILES string of the molecule is Cc1sc2nc([C@H](C)Nc3cccc(C(C)C)c3)[nH]c(=O)c2c1C.